The monoisotopic (exact) mass is 450 g/mol. The van der Waals surface area contributed by atoms with Gasteiger partial charge < -0.3 is 27.5 Å². The Bertz CT molecular complexity index is 1050. The number of quaternary nitrogens is 1. The SMILES string of the molecule is Cc1ccc(Nc2nc(NC3CCC4CCC[C@H](N)C43)ncc2C(N)=O)cc1[NH2+]/N=C\C=N. The number of amides is 1. The van der Waals surface area contributed by atoms with Crippen LogP contribution in [-0.4, -0.2) is 40.4 Å². The number of nitrogens with zero attached hydrogens (tertiary/aromatic N) is 3. The summed E-state index contributed by atoms with van der Waals surface area (Å²) in [5, 5.41) is 17.8. The number of benzene rings is 1. The Kier molecular flexibility index (Phi) is 6.95. The fourth-order valence-corrected chi connectivity index (χ4v) is 5.12. The highest BCUT2D eigenvalue weighted by molar-refractivity contribution is 6.14. The molecule has 2 aliphatic carbocycles. The number of fused-ring (bicyclic) bond motifs is 1. The summed E-state index contributed by atoms with van der Waals surface area (Å²) < 4.78 is 0. The number of carbonyl (C=O) groups is 1. The van der Waals surface area contributed by atoms with Crippen LogP contribution in [0.1, 0.15) is 48.0 Å². The van der Waals surface area contributed by atoms with Crippen molar-refractivity contribution >= 4 is 41.5 Å². The Morgan fingerprint density at radius 1 is 1.30 bits per heavy atom. The highest BCUT2D eigenvalue weighted by Gasteiger charge is 2.42. The van der Waals surface area contributed by atoms with Crippen LogP contribution in [0, 0.1) is 24.2 Å². The molecule has 33 heavy (non-hydrogen) atoms. The zero-order valence-corrected chi connectivity index (χ0v) is 18.8. The van der Waals surface area contributed by atoms with Crippen molar-refractivity contribution < 1.29 is 10.2 Å². The molecule has 0 bridgehead atoms. The zero-order valence-electron chi connectivity index (χ0n) is 18.8. The first-order chi connectivity index (χ1) is 16.0. The minimum atomic E-state index is -0.603. The summed E-state index contributed by atoms with van der Waals surface area (Å²) in [6.45, 7) is 1.97. The van der Waals surface area contributed by atoms with Crippen molar-refractivity contribution in [2.24, 2.45) is 28.4 Å². The molecular formula is C23H32N9O+. The summed E-state index contributed by atoms with van der Waals surface area (Å²) in [6.07, 6.45) is 9.70. The fraction of sp³-hybridized carbons (Fsp3) is 0.435. The second-order valence-electron chi connectivity index (χ2n) is 8.87. The van der Waals surface area contributed by atoms with Crippen molar-refractivity contribution in [2.75, 3.05) is 10.6 Å². The molecule has 9 N–H and O–H groups in total. The number of rotatable bonds is 8. The molecule has 3 unspecified atom stereocenters. The Morgan fingerprint density at radius 2 is 2.15 bits per heavy atom. The van der Waals surface area contributed by atoms with Crippen molar-refractivity contribution in [3.63, 3.8) is 0 Å². The predicted octanol–water partition coefficient (Wildman–Crippen LogP) is 1.78. The Hall–Kier alpha value is -3.37. The van der Waals surface area contributed by atoms with Crippen molar-refractivity contribution in [3.05, 3.63) is 35.5 Å². The number of aryl methyl sites for hydroxylation is 1. The molecule has 2 saturated carbocycles. The molecule has 0 spiro atoms. The first-order valence-corrected chi connectivity index (χ1v) is 11.4. The number of hydrogen-bond donors (Lipinski definition) is 6. The first kappa shape index (κ1) is 22.8. The molecule has 174 valence electrons. The van der Waals surface area contributed by atoms with E-state index in [-0.39, 0.29) is 17.6 Å². The van der Waals surface area contributed by atoms with Gasteiger partial charge in [-0.3, -0.25) is 4.79 Å². The Morgan fingerprint density at radius 3 is 2.94 bits per heavy atom. The van der Waals surface area contributed by atoms with Gasteiger partial charge in [0.2, 0.25) is 5.95 Å². The first-order valence-electron chi connectivity index (χ1n) is 11.4. The quantitative estimate of drug-likeness (QED) is 0.155. The van der Waals surface area contributed by atoms with Gasteiger partial charge in [0.05, 0.1) is 0 Å². The maximum Gasteiger partial charge on any atom is 0.254 e. The second-order valence-corrected chi connectivity index (χ2v) is 8.87. The summed E-state index contributed by atoms with van der Waals surface area (Å²) in [4.78, 5) is 21.0. The third kappa shape index (κ3) is 5.18. The average Bonchev–Trinajstić information content (AvgIpc) is 3.20. The van der Waals surface area contributed by atoms with Crippen LogP contribution in [0.15, 0.2) is 29.5 Å². The highest BCUT2D eigenvalue weighted by atomic mass is 16.1. The molecule has 1 aromatic carbocycles. The van der Waals surface area contributed by atoms with E-state index in [0.717, 1.165) is 36.0 Å². The molecule has 1 heterocycles. The number of anilines is 3. The highest BCUT2D eigenvalue weighted by Crippen LogP contribution is 2.42. The van der Waals surface area contributed by atoms with Gasteiger partial charge in [0, 0.05) is 41.8 Å². The standard InChI is InChI=1S/C23H31N9O/c1-13-5-7-15(11-19(13)32-28-10-9-24)29-22-16(21(26)33)12-27-23(31-22)30-18-8-6-14-3-2-4-17(25)20(14)18/h5,7,9-12,14,17-18,20,24,32H,2-4,6,8,25H2,1H3,(H2,26,33)(H2,27,29,30,31)/p+1/b24-9?,28-10-/t14?,17-,18?,20?/m0/s1. The molecule has 0 aliphatic heterocycles. The lowest BCUT2D eigenvalue weighted by Crippen LogP contribution is -2.71. The van der Waals surface area contributed by atoms with Crippen molar-refractivity contribution in [1.29, 1.82) is 5.41 Å². The van der Waals surface area contributed by atoms with Gasteiger partial charge in [0.25, 0.3) is 5.91 Å². The number of hydrogen-bond acceptors (Lipinski definition) is 8. The lowest BCUT2D eigenvalue weighted by Gasteiger charge is -2.35. The molecule has 2 aliphatic rings. The van der Waals surface area contributed by atoms with Crippen LogP contribution in [0.2, 0.25) is 0 Å². The van der Waals surface area contributed by atoms with E-state index >= 15 is 0 Å². The predicted molar refractivity (Wildman–Crippen MR) is 129 cm³/mol. The molecule has 2 fully saturated rings. The largest absolute Gasteiger partial charge is 0.365 e. The molecule has 1 aromatic heterocycles. The molecule has 10 heteroatoms. The van der Waals surface area contributed by atoms with E-state index < -0.39 is 5.91 Å². The van der Waals surface area contributed by atoms with Gasteiger partial charge in [-0.1, -0.05) is 17.6 Å². The maximum absolute atomic E-state index is 12.0. The van der Waals surface area contributed by atoms with Crippen molar-refractivity contribution in [2.45, 2.75) is 51.1 Å². The van der Waals surface area contributed by atoms with Crippen LogP contribution in [0.4, 0.5) is 23.1 Å². The van der Waals surface area contributed by atoms with Gasteiger partial charge in [-0.15, -0.1) is 0 Å². The number of aromatic nitrogens is 2. The smallest absolute Gasteiger partial charge is 0.254 e. The number of carbonyl (C=O) groups excluding carboxylic acids is 1. The minimum Gasteiger partial charge on any atom is -0.365 e. The van der Waals surface area contributed by atoms with Crippen LogP contribution in [0.25, 0.3) is 0 Å². The Balaban J connectivity index is 1.56. The lowest BCUT2D eigenvalue weighted by atomic mass is 9.77. The lowest BCUT2D eigenvalue weighted by molar-refractivity contribution is -0.577. The van der Waals surface area contributed by atoms with Crippen LogP contribution in [0.3, 0.4) is 0 Å². The number of nitrogens with two attached hydrogens (primary N) is 3. The van der Waals surface area contributed by atoms with Crippen molar-refractivity contribution in [3.8, 4) is 0 Å². The van der Waals surface area contributed by atoms with E-state index in [0.29, 0.717) is 23.6 Å². The van der Waals surface area contributed by atoms with Gasteiger partial charge in [-0.2, -0.15) is 10.4 Å². The summed E-state index contributed by atoms with van der Waals surface area (Å²) in [7, 11) is 0. The number of nitrogens with one attached hydrogen (secondary N) is 3. The second kappa shape index (κ2) is 10.1. The van der Waals surface area contributed by atoms with Gasteiger partial charge in [0.1, 0.15) is 17.6 Å². The normalized spacial score (nSPS) is 24.4. The molecule has 4 atom stereocenters. The third-order valence-electron chi connectivity index (χ3n) is 6.75. The van der Waals surface area contributed by atoms with Crippen LogP contribution in [0.5, 0.6) is 0 Å². The molecule has 2 aromatic rings. The van der Waals surface area contributed by atoms with Crippen LogP contribution < -0.4 is 27.5 Å². The summed E-state index contributed by atoms with van der Waals surface area (Å²) in [5.41, 5.74) is 16.6. The molecule has 1 amide bonds. The van der Waals surface area contributed by atoms with E-state index in [9.17, 15) is 4.79 Å². The van der Waals surface area contributed by atoms with Crippen molar-refractivity contribution in [1.82, 2.24) is 9.97 Å². The van der Waals surface area contributed by atoms with Gasteiger partial charge in [-0.05, 0) is 50.5 Å². The molecule has 10 nitrogen and oxygen atoms in total. The topological polar surface area (TPSA) is 172 Å². The maximum atomic E-state index is 12.0. The fourth-order valence-electron chi connectivity index (χ4n) is 5.12. The molecule has 0 radical (unpaired) electrons. The summed E-state index contributed by atoms with van der Waals surface area (Å²) >= 11 is 0. The summed E-state index contributed by atoms with van der Waals surface area (Å²) in [5.74, 6) is 1.28. The zero-order chi connectivity index (χ0) is 23.4. The Labute approximate surface area is 193 Å². The minimum absolute atomic E-state index is 0.198. The van der Waals surface area contributed by atoms with E-state index in [2.05, 4.69) is 25.7 Å². The van der Waals surface area contributed by atoms with Gasteiger partial charge in [0.15, 0.2) is 5.69 Å². The summed E-state index contributed by atoms with van der Waals surface area (Å²) in [6, 6.07) is 6.17. The van der Waals surface area contributed by atoms with Gasteiger partial charge in [-0.25, -0.2) is 4.98 Å². The third-order valence-corrected chi connectivity index (χ3v) is 6.75. The van der Waals surface area contributed by atoms with E-state index in [1.165, 1.54) is 31.7 Å². The van der Waals surface area contributed by atoms with E-state index in [1.54, 1.807) is 5.43 Å². The molecule has 4 rings (SSSR count). The van der Waals surface area contributed by atoms with E-state index in [4.69, 9.17) is 16.9 Å². The van der Waals surface area contributed by atoms with Gasteiger partial charge >= 0.3 is 0 Å². The number of primary amides is 1. The molecule has 0 saturated heterocycles. The van der Waals surface area contributed by atoms with Crippen LogP contribution in [-0.2, 0) is 0 Å². The van der Waals surface area contributed by atoms with Crippen LogP contribution >= 0.6 is 0 Å². The van der Waals surface area contributed by atoms with E-state index in [1.807, 2.05) is 25.1 Å². The average molecular weight is 451 g/mol. The molecular weight excluding hydrogens is 418 g/mol.